The lowest BCUT2D eigenvalue weighted by Crippen LogP contribution is -2.30. The molecule has 102 valence electrons. The van der Waals surface area contributed by atoms with Gasteiger partial charge < -0.3 is 0 Å². The highest BCUT2D eigenvalue weighted by molar-refractivity contribution is 6.42. The van der Waals surface area contributed by atoms with Crippen molar-refractivity contribution in [2.24, 2.45) is 12.9 Å². The van der Waals surface area contributed by atoms with E-state index in [1.165, 1.54) is 0 Å². The van der Waals surface area contributed by atoms with E-state index in [1.807, 2.05) is 37.0 Å². The van der Waals surface area contributed by atoms with Crippen LogP contribution in [0, 0.1) is 6.92 Å². The van der Waals surface area contributed by atoms with Gasteiger partial charge in [0.1, 0.15) is 0 Å². The van der Waals surface area contributed by atoms with E-state index >= 15 is 0 Å². The normalized spacial score (nSPS) is 12.7. The number of rotatable bonds is 4. The third-order valence-corrected chi connectivity index (χ3v) is 4.01. The molecule has 1 aromatic heterocycles. The van der Waals surface area contributed by atoms with Crippen molar-refractivity contribution < 1.29 is 0 Å². The number of nitrogens with zero attached hydrogens (tertiary/aromatic N) is 2. The van der Waals surface area contributed by atoms with Gasteiger partial charge in [-0.05, 0) is 31.0 Å². The maximum absolute atomic E-state index is 6.02. The first-order chi connectivity index (χ1) is 9.02. The van der Waals surface area contributed by atoms with E-state index in [-0.39, 0.29) is 6.04 Å². The largest absolute Gasteiger partial charge is 0.273 e. The van der Waals surface area contributed by atoms with Gasteiger partial charge in [-0.15, -0.1) is 0 Å². The van der Waals surface area contributed by atoms with Crippen molar-refractivity contribution in [2.45, 2.75) is 19.4 Å². The maximum atomic E-state index is 6.02. The molecular weight excluding hydrogens is 283 g/mol. The highest BCUT2D eigenvalue weighted by atomic mass is 35.5. The highest BCUT2D eigenvalue weighted by Gasteiger charge is 2.16. The van der Waals surface area contributed by atoms with Gasteiger partial charge in [-0.3, -0.25) is 16.0 Å². The molecule has 2 rings (SSSR count). The maximum Gasteiger partial charge on any atom is 0.0595 e. The SMILES string of the molecule is Cc1c(C(Cc2ccc(Cl)c(Cl)c2)NN)cnn1C. The van der Waals surface area contributed by atoms with E-state index in [2.05, 4.69) is 10.5 Å². The molecule has 3 N–H and O–H groups in total. The zero-order chi connectivity index (χ0) is 14.0. The van der Waals surface area contributed by atoms with E-state index in [1.54, 1.807) is 6.07 Å². The number of hydrogen-bond donors (Lipinski definition) is 2. The Bertz CT molecular complexity index is 580. The van der Waals surface area contributed by atoms with Crippen LogP contribution >= 0.6 is 23.2 Å². The van der Waals surface area contributed by atoms with Crippen LogP contribution in [0.4, 0.5) is 0 Å². The summed E-state index contributed by atoms with van der Waals surface area (Å²) in [5.74, 6) is 5.65. The quantitative estimate of drug-likeness (QED) is 0.674. The van der Waals surface area contributed by atoms with Crippen LogP contribution in [0.2, 0.25) is 10.0 Å². The summed E-state index contributed by atoms with van der Waals surface area (Å²) in [6.45, 7) is 2.02. The molecule has 4 nitrogen and oxygen atoms in total. The summed E-state index contributed by atoms with van der Waals surface area (Å²) in [4.78, 5) is 0. The molecule has 0 saturated carbocycles. The number of aromatic nitrogens is 2. The molecule has 2 aromatic rings. The minimum Gasteiger partial charge on any atom is -0.273 e. The summed E-state index contributed by atoms with van der Waals surface area (Å²) in [6.07, 6.45) is 2.55. The minimum absolute atomic E-state index is 0.00839. The molecule has 0 saturated heterocycles. The van der Waals surface area contributed by atoms with Gasteiger partial charge in [0.15, 0.2) is 0 Å². The molecule has 0 aliphatic heterocycles. The molecule has 0 spiro atoms. The van der Waals surface area contributed by atoms with Crippen molar-refractivity contribution in [3.05, 3.63) is 51.3 Å². The van der Waals surface area contributed by atoms with Crippen LogP contribution in [0.1, 0.15) is 22.9 Å². The standard InChI is InChI=1S/C13H16Cl2N4/c1-8-10(7-17-19(8)2)13(18-16)6-9-3-4-11(14)12(15)5-9/h3-5,7,13,18H,6,16H2,1-2H3. The first-order valence-electron chi connectivity index (χ1n) is 5.91. The number of halogens is 2. The van der Waals surface area contributed by atoms with Crippen molar-refractivity contribution in [1.29, 1.82) is 0 Å². The van der Waals surface area contributed by atoms with Crippen LogP contribution in [0.25, 0.3) is 0 Å². The average molecular weight is 299 g/mol. The van der Waals surface area contributed by atoms with E-state index in [4.69, 9.17) is 29.0 Å². The molecule has 1 heterocycles. The average Bonchev–Trinajstić information content (AvgIpc) is 2.72. The van der Waals surface area contributed by atoms with Gasteiger partial charge in [0, 0.05) is 18.3 Å². The van der Waals surface area contributed by atoms with Crippen LogP contribution in [-0.2, 0) is 13.5 Å². The molecule has 0 fully saturated rings. The van der Waals surface area contributed by atoms with Crippen molar-refractivity contribution in [2.75, 3.05) is 0 Å². The van der Waals surface area contributed by atoms with Gasteiger partial charge in [0.2, 0.25) is 0 Å². The van der Waals surface area contributed by atoms with Gasteiger partial charge in [0.05, 0.1) is 22.3 Å². The minimum atomic E-state index is -0.00839. The van der Waals surface area contributed by atoms with E-state index in [0.29, 0.717) is 10.0 Å². The fraction of sp³-hybridized carbons (Fsp3) is 0.308. The zero-order valence-electron chi connectivity index (χ0n) is 10.8. The van der Waals surface area contributed by atoms with Gasteiger partial charge in [-0.2, -0.15) is 5.10 Å². The highest BCUT2D eigenvalue weighted by Crippen LogP contribution is 2.26. The smallest absolute Gasteiger partial charge is 0.0595 e. The van der Waals surface area contributed by atoms with E-state index in [0.717, 1.165) is 23.2 Å². The van der Waals surface area contributed by atoms with Crippen LogP contribution < -0.4 is 11.3 Å². The fourth-order valence-electron chi connectivity index (χ4n) is 2.02. The third kappa shape index (κ3) is 3.09. The van der Waals surface area contributed by atoms with Gasteiger partial charge in [-0.1, -0.05) is 29.3 Å². The Balaban J connectivity index is 2.24. The topological polar surface area (TPSA) is 55.9 Å². The van der Waals surface area contributed by atoms with Crippen LogP contribution in [0.3, 0.4) is 0 Å². The molecule has 6 heteroatoms. The van der Waals surface area contributed by atoms with Crippen molar-refractivity contribution in [3.63, 3.8) is 0 Å². The van der Waals surface area contributed by atoms with Gasteiger partial charge in [0.25, 0.3) is 0 Å². The summed E-state index contributed by atoms with van der Waals surface area (Å²) in [6, 6.07) is 5.60. The second-order valence-electron chi connectivity index (χ2n) is 4.48. The summed E-state index contributed by atoms with van der Waals surface area (Å²) >= 11 is 11.9. The lowest BCUT2D eigenvalue weighted by atomic mass is 10.00. The summed E-state index contributed by atoms with van der Waals surface area (Å²) in [5, 5.41) is 5.34. The summed E-state index contributed by atoms with van der Waals surface area (Å²) in [5.41, 5.74) is 6.06. The Labute approximate surface area is 122 Å². The van der Waals surface area contributed by atoms with Crippen molar-refractivity contribution in [1.82, 2.24) is 15.2 Å². The molecule has 19 heavy (non-hydrogen) atoms. The number of nitrogens with two attached hydrogens (primary N) is 1. The number of benzene rings is 1. The molecular formula is C13H16Cl2N4. The molecule has 0 amide bonds. The number of hydrazine groups is 1. The van der Waals surface area contributed by atoms with Gasteiger partial charge >= 0.3 is 0 Å². The third-order valence-electron chi connectivity index (χ3n) is 3.27. The van der Waals surface area contributed by atoms with Crippen molar-refractivity contribution in [3.8, 4) is 0 Å². The first-order valence-corrected chi connectivity index (χ1v) is 6.67. The Morgan fingerprint density at radius 3 is 2.63 bits per heavy atom. The zero-order valence-corrected chi connectivity index (χ0v) is 12.3. The van der Waals surface area contributed by atoms with Gasteiger partial charge in [-0.25, -0.2) is 0 Å². The van der Waals surface area contributed by atoms with Crippen LogP contribution in [-0.4, -0.2) is 9.78 Å². The fourth-order valence-corrected chi connectivity index (χ4v) is 2.34. The molecule has 0 aliphatic carbocycles. The number of nitrogens with one attached hydrogen (secondary N) is 1. The molecule has 0 aliphatic rings. The summed E-state index contributed by atoms with van der Waals surface area (Å²) in [7, 11) is 1.91. The molecule has 0 bridgehead atoms. The Hall–Kier alpha value is -1.07. The predicted molar refractivity (Wildman–Crippen MR) is 78.2 cm³/mol. The second kappa shape index (κ2) is 5.92. The van der Waals surface area contributed by atoms with Crippen molar-refractivity contribution >= 4 is 23.2 Å². The predicted octanol–water partition coefficient (Wildman–Crippen LogP) is 2.78. The van der Waals surface area contributed by atoms with Crippen LogP contribution in [0.15, 0.2) is 24.4 Å². The summed E-state index contributed by atoms with van der Waals surface area (Å²) < 4.78 is 1.83. The van der Waals surface area contributed by atoms with Crippen LogP contribution in [0.5, 0.6) is 0 Å². The second-order valence-corrected chi connectivity index (χ2v) is 5.30. The molecule has 0 radical (unpaired) electrons. The Kier molecular flexibility index (Phi) is 4.47. The lowest BCUT2D eigenvalue weighted by Gasteiger charge is -2.16. The number of hydrogen-bond acceptors (Lipinski definition) is 3. The molecule has 1 atom stereocenters. The van der Waals surface area contributed by atoms with E-state index in [9.17, 15) is 0 Å². The van der Waals surface area contributed by atoms with E-state index < -0.39 is 0 Å². The first kappa shape index (κ1) is 14.3. The molecule has 1 aromatic carbocycles. The molecule has 1 unspecified atom stereocenters. The lowest BCUT2D eigenvalue weighted by molar-refractivity contribution is 0.548. The Morgan fingerprint density at radius 2 is 2.11 bits per heavy atom. The monoisotopic (exact) mass is 298 g/mol. The number of aryl methyl sites for hydroxylation is 1. The Morgan fingerprint density at radius 1 is 1.37 bits per heavy atom.